The lowest BCUT2D eigenvalue weighted by molar-refractivity contribution is -0.144. The van der Waals surface area contributed by atoms with Crippen molar-refractivity contribution < 1.29 is 9.53 Å². The summed E-state index contributed by atoms with van der Waals surface area (Å²) in [5, 5.41) is 0. The van der Waals surface area contributed by atoms with Gasteiger partial charge in [0, 0.05) is 18.0 Å². The Bertz CT molecular complexity index is 422. The number of cyclic esters (lactones) is 1. The van der Waals surface area contributed by atoms with Gasteiger partial charge >= 0.3 is 5.97 Å². The van der Waals surface area contributed by atoms with Crippen LogP contribution >= 0.6 is 0 Å². The van der Waals surface area contributed by atoms with Crippen LogP contribution in [0.5, 0.6) is 0 Å². The van der Waals surface area contributed by atoms with Crippen LogP contribution in [0.2, 0.25) is 0 Å². The van der Waals surface area contributed by atoms with Crippen LogP contribution in [0.25, 0.3) is 0 Å². The van der Waals surface area contributed by atoms with Crippen molar-refractivity contribution in [3.8, 4) is 0 Å². The maximum Gasteiger partial charge on any atom is 0.331 e. The second-order valence-electron chi connectivity index (χ2n) is 4.39. The molecule has 1 aromatic heterocycles. The summed E-state index contributed by atoms with van der Waals surface area (Å²) < 4.78 is 5.22. The number of ether oxygens (including phenoxy) is 1. The number of rotatable bonds is 3. The highest BCUT2D eigenvalue weighted by molar-refractivity contribution is 5.85. The summed E-state index contributed by atoms with van der Waals surface area (Å²) in [6, 6.07) is 4.06. The predicted molar refractivity (Wildman–Crippen MR) is 60.9 cm³/mol. The summed E-state index contributed by atoms with van der Waals surface area (Å²) in [5.74, 6) is -0.251. The molecule has 84 valence electrons. The first-order valence-corrected chi connectivity index (χ1v) is 5.41. The first-order valence-electron chi connectivity index (χ1n) is 5.41. The van der Waals surface area contributed by atoms with Gasteiger partial charge in [0.05, 0.1) is 0 Å². The average molecular weight is 217 g/mol. The fraction of sp³-hybridized carbons (Fsp3) is 0.385. The molecular weight excluding hydrogens is 202 g/mol. The number of hydrogen-bond donors (Lipinski definition) is 0. The molecule has 1 unspecified atom stereocenters. The smallest absolute Gasteiger partial charge is 0.331 e. The minimum absolute atomic E-state index is 0.251. The van der Waals surface area contributed by atoms with Crippen molar-refractivity contribution in [1.29, 1.82) is 0 Å². The van der Waals surface area contributed by atoms with Gasteiger partial charge < -0.3 is 4.74 Å². The molecule has 1 aliphatic heterocycles. The van der Waals surface area contributed by atoms with E-state index in [1.807, 2.05) is 38.3 Å². The Morgan fingerprint density at radius 2 is 2.25 bits per heavy atom. The number of esters is 1. The fourth-order valence-electron chi connectivity index (χ4n) is 1.70. The van der Waals surface area contributed by atoms with Crippen molar-refractivity contribution >= 4 is 5.97 Å². The van der Waals surface area contributed by atoms with Gasteiger partial charge in [-0.15, -0.1) is 0 Å². The van der Waals surface area contributed by atoms with Gasteiger partial charge in [0.25, 0.3) is 0 Å². The minimum Gasteiger partial charge on any atom is -0.452 e. The van der Waals surface area contributed by atoms with Gasteiger partial charge in [-0.3, -0.25) is 4.98 Å². The monoisotopic (exact) mass is 217 g/mol. The van der Waals surface area contributed by atoms with Gasteiger partial charge in [0.1, 0.15) is 5.60 Å². The molecular formula is C13H15NO2. The van der Waals surface area contributed by atoms with Crippen molar-refractivity contribution in [1.82, 2.24) is 4.98 Å². The van der Waals surface area contributed by atoms with Crippen molar-refractivity contribution in [2.75, 3.05) is 0 Å². The molecule has 0 radical (unpaired) electrons. The molecule has 0 aliphatic carbocycles. The molecule has 0 saturated carbocycles. The van der Waals surface area contributed by atoms with E-state index in [1.165, 1.54) is 6.08 Å². The Morgan fingerprint density at radius 1 is 1.44 bits per heavy atom. The van der Waals surface area contributed by atoms with Gasteiger partial charge in [-0.1, -0.05) is 6.07 Å². The first kappa shape index (κ1) is 10.9. The molecule has 3 nitrogen and oxygen atoms in total. The molecule has 1 atom stereocenters. The second kappa shape index (κ2) is 4.08. The zero-order valence-corrected chi connectivity index (χ0v) is 9.56. The highest BCUT2D eigenvalue weighted by atomic mass is 16.6. The van der Waals surface area contributed by atoms with Crippen molar-refractivity contribution in [3.63, 3.8) is 0 Å². The normalized spacial score (nSPS) is 23.5. The van der Waals surface area contributed by atoms with E-state index in [9.17, 15) is 4.79 Å². The standard InChI is InChI=1S/C13H15NO2/c1-10-3-4-11(14-9-10)5-7-13(2)8-6-12(15)16-13/h3-4,6,8-9H,5,7H2,1-2H3. The zero-order chi connectivity index (χ0) is 11.6. The highest BCUT2D eigenvalue weighted by Gasteiger charge is 2.29. The highest BCUT2D eigenvalue weighted by Crippen LogP contribution is 2.24. The predicted octanol–water partition coefficient (Wildman–Crippen LogP) is 2.19. The van der Waals surface area contributed by atoms with E-state index < -0.39 is 5.60 Å². The second-order valence-corrected chi connectivity index (χ2v) is 4.39. The summed E-state index contributed by atoms with van der Waals surface area (Å²) >= 11 is 0. The zero-order valence-electron chi connectivity index (χ0n) is 9.56. The van der Waals surface area contributed by atoms with Crippen molar-refractivity contribution in [3.05, 3.63) is 41.7 Å². The van der Waals surface area contributed by atoms with E-state index in [0.717, 1.165) is 24.1 Å². The van der Waals surface area contributed by atoms with Crippen LogP contribution < -0.4 is 0 Å². The number of aryl methyl sites for hydroxylation is 2. The van der Waals surface area contributed by atoms with Crippen LogP contribution in [0.1, 0.15) is 24.6 Å². The van der Waals surface area contributed by atoms with Crippen LogP contribution in [-0.2, 0) is 16.0 Å². The number of nitrogens with zero attached hydrogens (tertiary/aromatic N) is 1. The van der Waals surface area contributed by atoms with Crippen LogP contribution in [0, 0.1) is 6.92 Å². The summed E-state index contributed by atoms with van der Waals surface area (Å²) in [5.41, 5.74) is 1.73. The molecule has 16 heavy (non-hydrogen) atoms. The van der Waals surface area contributed by atoms with Crippen molar-refractivity contribution in [2.45, 2.75) is 32.3 Å². The van der Waals surface area contributed by atoms with E-state index in [0.29, 0.717) is 0 Å². The Labute approximate surface area is 95.2 Å². The quantitative estimate of drug-likeness (QED) is 0.728. The molecule has 1 aliphatic rings. The molecule has 3 heteroatoms. The molecule has 0 N–H and O–H groups in total. The lowest BCUT2D eigenvalue weighted by Crippen LogP contribution is -2.24. The number of carbonyl (C=O) groups is 1. The molecule has 2 rings (SSSR count). The maximum absolute atomic E-state index is 11.0. The van der Waals surface area contributed by atoms with E-state index >= 15 is 0 Å². The third kappa shape index (κ3) is 2.48. The third-order valence-electron chi connectivity index (χ3n) is 2.76. The van der Waals surface area contributed by atoms with E-state index in [2.05, 4.69) is 4.98 Å². The van der Waals surface area contributed by atoms with Gasteiger partial charge in [-0.2, -0.15) is 0 Å². The molecule has 0 saturated heterocycles. The van der Waals surface area contributed by atoms with Gasteiger partial charge in [-0.05, 0) is 44.4 Å². The van der Waals surface area contributed by atoms with Gasteiger partial charge in [0.15, 0.2) is 0 Å². The molecule has 1 aromatic rings. The maximum atomic E-state index is 11.0. The molecule has 0 bridgehead atoms. The van der Waals surface area contributed by atoms with Crippen LogP contribution in [0.3, 0.4) is 0 Å². The topological polar surface area (TPSA) is 39.2 Å². The Morgan fingerprint density at radius 3 is 2.81 bits per heavy atom. The Hall–Kier alpha value is -1.64. The summed E-state index contributed by atoms with van der Waals surface area (Å²) in [4.78, 5) is 15.3. The van der Waals surface area contributed by atoms with E-state index in [4.69, 9.17) is 4.74 Å². The number of aromatic nitrogens is 1. The van der Waals surface area contributed by atoms with Crippen LogP contribution in [-0.4, -0.2) is 16.6 Å². The Kier molecular flexibility index (Phi) is 2.77. The van der Waals surface area contributed by atoms with Crippen LogP contribution in [0.15, 0.2) is 30.5 Å². The number of carbonyl (C=O) groups excluding carboxylic acids is 1. The summed E-state index contributed by atoms with van der Waals surface area (Å²) in [6.45, 7) is 3.93. The Balaban J connectivity index is 1.95. The van der Waals surface area contributed by atoms with Gasteiger partial charge in [-0.25, -0.2) is 4.79 Å². The lowest BCUT2D eigenvalue weighted by atomic mass is 9.99. The molecule has 0 spiro atoms. The third-order valence-corrected chi connectivity index (χ3v) is 2.76. The average Bonchev–Trinajstić information content (AvgIpc) is 2.59. The first-order chi connectivity index (χ1) is 7.57. The SMILES string of the molecule is Cc1ccc(CCC2(C)C=CC(=O)O2)nc1. The summed E-state index contributed by atoms with van der Waals surface area (Å²) in [6.07, 6.45) is 6.75. The van der Waals surface area contributed by atoms with E-state index in [-0.39, 0.29) is 5.97 Å². The lowest BCUT2D eigenvalue weighted by Gasteiger charge is -2.20. The van der Waals surface area contributed by atoms with E-state index in [1.54, 1.807) is 0 Å². The largest absolute Gasteiger partial charge is 0.452 e. The van der Waals surface area contributed by atoms with Gasteiger partial charge in [0.2, 0.25) is 0 Å². The molecule has 0 aromatic carbocycles. The van der Waals surface area contributed by atoms with Crippen molar-refractivity contribution in [2.24, 2.45) is 0 Å². The number of hydrogen-bond acceptors (Lipinski definition) is 3. The molecule has 0 amide bonds. The number of pyridine rings is 1. The fourth-order valence-corrected chi connectivity index (χ4v) is 1.70. The molecule has 0 fully saturated rings. The minimum atomic E-state index is -0.455. The molecule has 2 heterocycles. The summed E-state index contributed by atoms with van der Waals surface area (Å²) in [7, 11) is 0. The van der Waals surface area contributed by atoms with Crippen LogP contribution in [0.4, 0.5) is 0 Å².